The standard InChI is InChI=1S/C33H41ClN4O9/c1-19(2)28(36-32(44)47-33(3,4)5)31(43)46-18-45-30(42)26(39)16-24(35-29(41)25-17-27(40)38(6)37-25)14-20-10-12-21(13-11-20)22-8-7-9-23(34)15-22/h7-13,15,17,19,24,26,28,37,39H,14,16,18H2,1-6H3,(H,35,41)(H,36,44)/t24-,26-,28+/m1/s1. The third kappa shape index (κ3) is 11.6. The Bertz CT molecular complexity index is 1610. The second-order valence-electron chi connectivity index (χ2n) is 12.3. The number of nitrogens with one attached hydrogen (secondary N) is 3. The molecular formula is C33H41ClN4O9. The summed E-state index contributed by atoms with van der Waals surface area (Å²) in [6.07, 6.45) is -2.57. The molecule has 0 unspecified atom stereocenters. The minimum atomic E-state index is -1.71. The van der Waals surface area contributed by atoms with Gasteiger partial charge in [0.15, 0.2) is 6.10 Å². The van der Waals surface area contributed by atoms with Crippen LogP contribution in [0.25, 0.3) is 11.1 Å². The number of nitrogens with zero attached hydrogens (tertiary/aromatic N) is 1. The molecular weight excluding hydrogens is 632 g/mol. The van der Waals surface area contributed by atoms with Gasteiger partial charge < -0.3 is 30.0 Å². The first kappa shape index (κ1) is 36.8. The number of aromatic amines is 1. The van der Waals surface area contributed by atoms with Crippen molar-refractivity contribution < 1.29 is 38.5 Å². The number of carbonyl (C=O) groups is 4. The van der Waals surface area contributed by atoms with E-state index in [2.05, 4.69) is 15.7 Å². The molecule has 4 N–H and O–H groups in total. The van der Waals surface area contributed by atoms with Crippen molar-refractivity contribution in [3.8, 4) is 11.1 Å². The highest BCUT2D eigenvalue weighted by Crippen LogP contribution is 2.23. The highest BCUT2D eigenvalue weighted by atomic mass is 35.5. The van der Waals surface area contributed by atoms with E-state index in [4.69, 9.17) is 25.8 Å². The molecule has 0 spiro atoms. The maximum absolute atomic E-state index is 13.0. The zero-order valence-electron chi connectivity index (χ0n) is 27.2. The zero-order chi connectivity index (χ0) is 34.9. The predicted octanol–water partition coefficient (Wildman–Crippen LogP) is 3.72. The first-order chi connectivity index (χ1) is 22.0. The molecule has 13 nitrogen and oxygen atoms in total. The van der Waals surface area contributed by atoms with Gasteiger partial charge in [-0.25, -0.2) is 14.4 Å². The molecule has 14 heteroatoms. The first-order valence-electron chi connectivity index (χ1n) is 14.9. The summed E-state index contributed by atoms with van der Waals surface area (Å²) >= 11 is 6.12. The maximum atomic E-state index is 13.0. The van der Waals surface area contributed by atoms with Crippen LogP contribution < -0.4 is 16.2 Å². The molecule has 2 aromatic carbocycles. The molecule has 3 aromatic rings. The van der Waals surface area contributed by atoms with Crippen molar-refractivity contribution in [2.75, 3.05) is 6.79 Å². The molecule has 1 heterocycles. The molecule has 0 bridgehead atoms. The van der Waals surface area contributed by atoms with Crippen molar-refractivity contribution >= 4 is 35.5 Å². The molecule has 3 atom stereocenters. The van der Waals surface area contributed by atoms with Crippen molar-refractivity contribution in [3.05, 3.63) is 81.2 Å². The molecule has 0 radical (unpaired) electrons. The Morgan fingerprint density at radius 1 is 0.957 bits per heavy atom. The quantitative estimate of drug-likeness (QED) is 0.156. The van der Waals surface area contributed by atoms with Crippen LogP contribution in [0.5, 0.6) is 0 Å². The number of hydrogen-bond acceptors (Lipinski definition) is 9. The number of aliphatic hydroxyl groups is 1. The van der Waals surface area contributed by atoms with Gasteiger partial charge in [-0.15, -0.1) is 0 Å². The van der Waals surface area contributed by atoms with Crippen molar-refractivity contribution in [1.82, 2.24) is 20.4 Å². The summed E-state index contributed by atoms with van der Waals surface area (Å²) in [7, 11) is 1.46. The smallest absolute Gasteiger partial charge is 0.408 e. The second-order valence-corrected chi connectivity index (χ2v) is 12.7. The van der Waals surface area contributed by atoms with Crippen molar-refractivity contribution in [1.29, 1.82) is 0 Å². The predicted molar refractivity (Wildman–Crippen MR) is 174 cm³/mol. The van der Waals surface area contributed by atoms with Crippen molar-refractivity contribution in [3.63, 3.8) is 0 Å². The second kappa shape index (κ2) is 16.3. The van der Waals surface area contributed by atoms with Crippen LogP contribution in [-0.4, -0.2) is 69.4 Å². The minimum Gasteiger partial charge on any atom is -0.444 e. The van der Waals surface area contributed by atoms with Gasteiger partial charge in [0.25, 0.3) is 11.5 Å². The Kier molecular flexibility index (Phi) is 12.8. The topological polar surface area (TPSA) is 178 Å². The van der Waals surface area contributed by atoms with Gasteiger partial charge in [-0.05, 0) is 61.9 Å². The molecule has 254 valence electrons. The Labute approximate surface area is 277 Å². The zero-order valence-corrected chi connectivity index (χ0v) is 27.9. The summed E-state index contributed by atoms with van der Waals surface area (Å²) in [5.74, 6) is -2.95. The van der Waals surface area contributed by atoms with Crippen LogP contribution >= 0.6 is 11.6 Å². The largest absolute Gasteiger partial charge is 0.444 e. The number of halogens is 1. The summed E-state index contributed by atoms with van der Waals surface area (Å²) in [6.45, 7) is 7.58. The van der Waals surface area contributed by atoms with Gasteiger partial charge >= 0.3 is 18.0 Å². The average molecular weight is 673 g/mol. The molecule has 0 saturated carbocycles. The molecule has 0 aliphatic heterocycles. The molecule has 0 fully saturated rings. The van der Waals surface area contributed by atoms with Crippen LogP contribution in [-0.2, 0) is 37.3 Å². The third-order valence-corrected chi connectivity index (χ3v) is 7.07. The molecule has 0 saturated heterocycles. The van der Waals surface area contributed by atoms with Crippen LogP contribution in [0.15, 0.2) is 59.4 Å². The summed E-state index contributed by atoms with van der Waals surface area (Å²) in [5.41, 5.74) is 1.43. The Morgan fingerprint density at radius 2 is 1.62 bits per heavy atom. The number of amides is 2. The lowest BCUT2D eigenvalue weighted by atomic mass is 9.97. The minimum absolute atomic E-state index is 0.00230. The summed E-state index contributed by atoms with van der Waals surface area (Å²) in [6, 6.07) is 14.1. The van der Waals surface area contributed by atoms with E-state index in [1.165, 1.54) is 7.05 Å². The summed E-state index contributed by atoms with van der Waals surface area (Å²) < 4.78 is 16.3. The number of aromatic nitrogens is 2. The van der Waals surface area contributed by atoms with E-state index in [1.807, 2.05) is 42.5 Å². The van der Waals surface area contributed by atoms with Crippen LogP contribution in [0.3, 0.4) is 0 Å². The number of alkyl carbamates (subject to hydrolysis) is 1. The van der Waals surface area contributed by atoms with E-state index >= 15 is 0 Å². The fourth-order valence-electron chi connectivity index (χ4n) is 4.48. The van der Waals surface area contributed by atoms with Gasteiger partial charge in [0.1, 0.15) is 17.3 Å². The molecule has 0 aliphatic rings. The van der Waals surface area contributed by atoms with Gasteiger partial charge in [-0.3, -0.25) is 19.4 Å². The van der Waals surface area contributed by atoms with Gasteiger partial charge in [-0.2, -0.15) is 0 Å². The number of benzene rings is 2. The van der Waals surface area contributed by atoms with Gasteiger partial charge in [0.05, 0.1) is 0 Å². The van der Waals surface area contributed by atoms with E-state index < -0.39 is 60.1 Å². The Hall–Kier alpha value is -4.62. The van der Waals surface area contributed by atoms with Gasteiger partial charge in [-0.1, -0.05) is 61.8 Å². The van der Waals surface area contributed by atoms with Gasteiger partial charge in [0.2, 0.25) is 6.79 Å². The summed E-state index contributed by atoms with van der Waals surface area (Å²) in [5, 5.41) is 19.1. The lowest BCUT2D eigenvalue weighted by molar-refractivity contribution is -0.175. The van der Waals surface area contributed by atoms with Crippen LogP contribution in [0.4, 0.5) is 4.79 Å². The lowest BCUT2D eigenvalue weighted by Crippen LogP contribution is -2.47. The number of aryl methyl sites for hydroxylation is 1. The van der Waals surface area contributed by atoms with Crippen LogP contribution in [0, 0.1) is 5.92 Å². The third-order valence-electron chi connectivity index (χ3n) is 6.84. The number of esters is 2. The van der Waals surface area contributed by atoms with Crippen LogP contribution in [0.2, 0.25) is 5.02 Å². The summed E-state index contributed by atoms with van der Waals surface area (Å²) in [4.78, 5) is 62.2. The molecule has 0 aliphatic carbocycles. The highest BCUT2D eigenvalue weighted by molar-refractivity contribution is 6.30. The van der Waals surface area contributed by atoms with Crippen molar-refractivity contribution in [2.45, 2.75) is 71.2 Å². The highest BCUT2D eigenvalue weighted by Gasteiger charge is 2.29. The molecule has 1 aromatic heterocycles. The fraction of sp³-hybridized carbons (Fsp3) is 0.424. The number of H-pyrrole nitrogens is 1. The Balaban J connectivity index is 1.64. The van der Waals surface area contributed by atoms with Crippen LogP contribution in [0.1, 0.15) is 57.1 Å². The van der Waals surface area contributed by atoms with E-state index in [0.29, 0.717) is 5.02 Å². The molecule has 47 heavy (non-hydrogen) atoms. The number of carbonyl (C=O) groups excluding carboxylic acids is 4. The molecule has 2 amide bonds. The normalized spacial score (nSPS) is 13.3. The van der Waals surface area contributed by atoms with E-state index in [9.17, 15) is 29.1 Å². The Morgan fingerprint density at radius 3 is 2.19 bits per heavy atom. The maximum Gasteiger partial charge on any atom is 0.408 e. The molecule has 3 rings (SSSR count). The SMILES string of the molecule is CC(C)[C@H](NC(=O)OC(C)(C)C)C(=O)OCOC(=O)[C@H](O)C[C@@H](Cc1ccc(-c2cccc(Cl)c2)cc1)NC(=O)c1cc(=O)n(C)[nH]1. The van der Waals surface area contributed by atoms with Crippen molar-refractivity contribution in [2.24, 2.45) is 13.0 Å². The average Bonchev–Trinajstić information content (AvgIpc) is 3.32. The van der Waals surface area contributed by atoms with E-state index in [-0.39, 0.29) is 24.5 Å². The number of aliphatic hydroxyl groups excluding tert-OH is 1. The van der Waals surface area contributed by atoms with E-state index in [1.54, 1.807) is 40.7 Å². The number of ether oxygens (including phenoxy) is 3. The number of rotatable bonds is 13. The van der Waals surface area contributed by atoms with E-state index in [0.717, 1.165) is 27.4 Å². The first-order valence-corrected chi connectivity index (χ1v) is 15.3. The lowest BCUT2D eigenvalue weighted by Gasteiger charge is -2.24. The number of hydrogen-bond donors (Lipinski definition) is 4. The van der Waals surface area contributed by atoms with Gasteiger partial charge in [0, 0.05) is 30.6 Å². The fourth-order valence-corrected chi connectivity index (χ4v) is 4.67. The monoisotopic (exact) mass is 672 g/mol.